The van der Waals surface area contributed by atoms with Gasteiger partial charge in [0.15, 0.2) is 0 Å². The van der Waals surface area contributed by atoms with E-state index >= 15 is 0 Å². The lowest BCUT2D eigenvalue weighted by Crippen LogP contribution is -2.46. The zero-order valence-corrected chi connectivity index (χ0v) is 19.6. The molecule has 1 amide bonds. The Hall–Kier alpha value is -2.24. The van der Waals surface area contributed by atoms with Gasteiger partial charge < -0.3 is 19.3 Å². The van der Waals surface area contributed by atoms with E-state index in [9.17, 15) is 4.79 Å². The summed E-state index contributed by atoms with van der Waals surface area (Å²) in [6, 6.07) is 13.1. The van der Waals surface area contributed by atoms with Gasteiger partial charge in [0.05, 0.1) is 6.61 Å². The molecule has 0 radical (unpaired) electrons. The molecule has 0 saturated carbocycles. The van der Waals surface area contributed by atoms with Gasteiger partial charge in [0.1, 0.15) is 23.5 Å². The fourth-order valence-corrected chi connectivity index (χ4v) is 5.94. The van der Waals surface area contributed by atoms with Crippen LogP contribution in [0, 0.1) is 5.92 Å². The number of carbonyl (C=O) groups excluding carboxylic acids is 1. The van der Waals surface area contributed by atoms with Crippen LogP contribution in [0.5, 0.6) is 11.5 Å². The Balaban J connectivity index is 0.00000216. The van der Waals surface area contributed by atoms with E-state index in [1.807, 2.05) is 18.2 Å². The van der Waals surface area contributed by atoms with Crippen molar-refractivity contribution < 1.29 is 14.3 Å². The van der Waals surface area contributed by atoms with Gasteiger partial charge in [-0.05, 0) is 69.0 Å². The largest absolute Gasteiger partial charge is 0.493 e. The number of fused-ring (bicyclic) bond motifs is 5. The van der Waals surface area contributed by atoms with E-state index < -0.39 is 5.41 Å². The second-order valence-corrected chi connectivity index (χ2v) is 9.75. The third kappa shape index (κ3) is 3.05. The zero-order valence-electron chi connectivity index (χ0n) is 18.8. The second kappa shape index (κ2) is 7.96. The van der Waals surface area contributed by atoms with E-state index in [1.165, 1.54) is 5.56 Å². The summed E-state index contributed by atoms with van der Waals surface area (Å²) in [5.74, 6) is 2.43. The molecule has 0 aromatic heterocycles. The molecule has 0 bridgehead atoms. The van der Waals surface area contributed by atoms with Crippen LogP contribution in [0.3, 0.4) is 0 Å². The number of nitrogens with zero attached hydrogens (tertiary/aromatic N) is 2. The quantitative estimate of drug-likeness (QED) is 0.697. The summed E-state index contributed by atoms with van der Waals surface area (Å²) in [7, 11) is 0. The van der Waals surface area contributed by atoms with Crippen LogP contribution in [0.2, 0.25) is 0 Å². The third-order valence-corrected chi connectivity index (χ3v) is 7.78. The molecular weight excluding hydrogens is 424 g/mol. The van der Waals surface area contributed by atoms with Crippen molar-refractivity contribution in [2.45, 2.75) is 44.6 Å². The molecule has 1 saturated heterocycles. The molecule has 32 heavy (non-hydrogen) atoms. The van der Waals surface area contributed by atoms with Crippen molar-refractivity contribution in [1.29, 1.82) is 0 Å². The number of amides is 1. The van der Waals surface area contributed by atoms with Gasteiger partial charge in [-0.25, -0.2) is 0 Å². The Morgan fingerprint density at radius 1 is 1.06 bits per heavy atom. The molecule has 4 aliphatic heterocycles. The molecular formula is C26H31ClN2O3. The second-order valence-electron chi connectivity index (χ2n) is 9.75. The number of benzene rings is 2. The number of hydrogen-bond donors (Lipinski definition) is 0. The maximum atomic E-state index is 14.1. The molecule has 1 fully saturated rings. The smallest absolute Gasteiger partial charge is 0.245 e. The minimum atomic E-state index is -0.720. The Morgan fingerprint density at radius 3 is 2.62 bits per heavy atom. The van der Waals surface area contributed by atoms with Crippen molar-refractivity contribution >= 4 is 24.0 Å². The van der Waals surface area contributed by atoms with E-state index in [1.54, 1.807) is 0 Å². The predicted molar refractivity (Wildman–Crippen MR) is 127 cm³/mol. The molecule has 6 heteroatoms. The molecule has 0 aliphatic carbocycles. The van der Waals surface area contributed by atoms with Gasteiger partial charge in [0, 0.05) is 36.3 Å². The predicted octanol–water partition coefficient (Wildman–Crippen LogP) is 4.19. The van der Waals surface area contributed by atoms with Gasteiger partial charge in [0.25, 0.3) is 0 Å². The Morgan fingerprint density at radius 2 is 1.84 bits per heavy atom. The van der Waals surface area contributed by atoms with Gasteiger partial charge in [-0.3, -0.25) is 4.79 Å². The number of ether oxygens (including phenoxy) is 2. The summed E-state index contributed by atoms with van der Waals surface area (Å²) in [6.45, 7) is 8.66. The first-order chi connectivity index (χ1) is 15.1. The van der Waals surface area contributed by atoms with Gasteiger partial charge in [0.2, 0.25) is 5.91 Å². The molecule has 2 aromatic carbocycles. The fourth-order valence-electron chi connectivity index (χ4n) is 5.94. The van der Waals surface area contributed by atoms with Crippen molar-refractivity contribution in [3.63, 3.8) is 0 Å². The monoisotopic (exact) mass is 454 g/mol. The van der Waals surface area contributed by atoms with Gasteiger partial charge in [-0.2, -0.15) is 0 Å². The molecule has 6 rings (SSSR count). The molecule has 0 N–H and O–H groups in total. The van der Waals surface area contributed by atoms with Gasteiger partial charge in [-0.15, -0.1) is 12.4 Å². The summed E-state index contributed by atoms with van der Waals surface area (Å²) < 4.78 is 11.9. The molecule has 4 aliphatic rings. The highest BCUT2D eigenvalue weighted by Gasteiger charge is 2.57. The van der Waals surface area contributed by atoms with Crippen molar-refractivity contribution in [2.75, 3.05) is 37.7 Å². The average Bonchev–Trinajstić information content (AvgIpc) is 3.45. The number of likely N-dealkylation sites (tertiary alicyclic amines) is 1. The van der Waals surface area contributed by atoms with Crippen LogP contribution in [0.25, 0.3) is 0 Å². The Kier molecular flexibility index (Phi) is 5.37. The first kappa shape index (κ1) is 21.6. The molecule has 4 heterocycles. The summed E-state index contributed by atoms with van der Waals surface area (Å²) >= 11 is 0. The van der Waals surface area contributed by atoms with Gasteiger partial charge >= 0.3 is 0 Å². The SMILES string of the molecule is CC(C)N1CCC(CN2C(=O)C3(COc4cc5c(cc43)CCO5)c3ccccc32)CC1.Cl. The van der Waals surface area contributed by atoms with Crippen molar-refractivity contribution in [2.24, 2.45) is 5.92 Å². The fraction of sp³-hybridized carbons (Fsp3) is 0.500. The maximum absolute atomic E-state index is 14.1. The number of piperidine rings is 1. The van der Waals surface area contributed by atoms with Crippen LogP contribution in [0.4, 0.5) is 5.69 Å². The van der Waals surface area contributed by atoms with Crippen LogP contribution in [-0.2, 0) is 16.6 Å². The minimum absolute atomic E-state index is 0. The maximum Gasteiger partial charge on any atom is 0.245 e. The highest BCUT2D eigenvalue weighted by molar-refractivity contribution is 6.11. The Labute approximate surface area is 196 Å². The topological polar surface area (TPSA) is 42.0 Å². The van der Waals surface area contributed by atoms with Crippen molar-refractivity contribution in [3.8, 4) is 11.5 Å². The third-order valence-electron chi connectivity index (χ3n) is 7.78. The standard InChI is InChI=1S/C26H30N2O3.ClH/c1-17(2)27-10-7-18(8-11-27)15-28-22-6-4-3-5-20(22)26(25(28)29)16-31-24-14-23-19(9-12-30-23)13-21(24)26;/h3-6,13-14,17-18H,7-12,15-16H2,1-2H3;1H. The van der Waals surface area contributed by atoms with E-state index in [4.69, 9.17) is 9.47 Å². The lowest BCUT2D eigenvalue weighted by Gasteiger charge is -2.36. The number of hydrogen-bond acceptors (Lipinski definition) is 4. The average molecular weight is 455 g/mol. The molecule has 1 atom stereocenters. The normalized spacial score (nSPS) is 24.2. The van der Waals surface area contributed by atoms with E-state index in [2.05, 4.69) is 41.8 Å². The highest BCUT2D eigenvalue weighted by atomic mass is 35.5. The number of anilines is 1. The Bertz CT molecular complexity index is 1050. The molecule has 1 spiro atoms. The number of rotatable bonds is 3. The minimum Gasteiger partial charge on any atom is -0.493 e. The van der Waals surface area contributed by atoms with Crippen LogP contribution in [0.1, 0.15) is 43.4 Å². The van der Waals surface area contributed by atoms with Crippen LogP contribution in [-0.4, -0.2) is 49.7 Å². The molecule has 5 nitrogen and oxygen atoms in total. The van der Waals surface area contributed by atoms with E-state index in [0.717, 1.165) is 67.2 Å². The van der Waals surface area contributed by atoms with Crippen molar-refractivity contribution in [3.05, 3.63) is 53.1 Å². The van der Waals surface area contributed by atoms with E-state index in [-0.39, 0.29) is 18.3 Å². The van der Waals surface area contributed by atoms with Crippen LogP contribution >= 0.6 is 12.4 Å². The summed E-state index contributed by atoms with van der Waals surface area (Å²) in [5.41, 5.74) is 3.64. The lowest BCUT2D eigenvalue weighted by atomic mass is 9.76. The lowest BCUT2D eigenvalue weighted by molar-refractivity contribution is -0.122. The number of para-hydroxylation sites is 1. The first-order valence-corrected chi connectivity index (χ1v) is 11.7. The van der Waals surface area contributed by atoms with Crippen LogP contribution < -0.4 is 14.4 Å². The first-order valence-electron chi connectivity index (χ1n) is 11.7. The molecule has 2 aromatic rings. The van der Waals surface area contributed by atoms with Crippen molar-refractivity contribution in [1.82, 2.24) is 4.90 Å². The van der Waals surface area contributed by atoms with Gasteiger partial charge in [-0.1, -0.05) is 18.2 Å². The summed E-state index contributed by atoms with van der Waals surface area (Å²) in [6.07, 6.45) is 3.19. The number of carbonyl (C=O) groups is 1. The summed E-state index contributed by atoms with van der Waals surface area (Å²) in [5, 5.41) is 0. The highest BCUT2D eigenvalue weighted by Crippen LogP contribution is 2.54. The number of halogens is 1. The van der Waals surface area contributed by atoms with Crippen LogP contribution in [0.15, 0.2) is 36.4 Å². The van der Waals surface area contributed by atoms with E-state index in [0.29, 0.717) is 25.2 Å². The zero-order chi connectivity index (χ0) is 21.2. The summed E-state index contributed by atoms with van der Waals surface area (Å²) in [4.78, 5) is 18.7. The molecule has 1 unspecified atom stereocenters. The molecule has 170 valence electrons.